The molecule has 0 bridgehead atoms. The summed E-state index contributed by atoms with van der Waals surface area (Å²) in [4.78, 5) is 22.3. The van der Waals surface area contributed by atoms with E-state index in [0.717, 1.165) is 63.0 Å². The normalized spacial score (nSPS) is 21.4. The number of piperidine rings is 2. The number of hydrogen-bond acceptors (Lipinski definition) is 5. The van der Waals surface area contributed by atoms with Gasteiger partial charge in [0.2, 0.25) is 10.0 Å². The number of likely N-dealkylation sites (tertiary alicyclic amines) is 1. The molecule has 3 heterocycles. The number of fused-ring (bicyclic) bond motifs is 1. The number of nitrogens with zero attached hydrogens (tertiary/aromatic N) is 3. The van der Waals surface area contributed by atoms with Crippen LogP contribution in [0.2, 0.25) is 0 Å². The van der Waals surface area contributed by atoms with Crippen LogP contribution in [0.4, 0.5) is 10.1 Å². The van der Waals surface area contributed by atoms with Gasteiger partial charge in [0.15, 0.2) is 0 Å². The average Bonchev–Trinajstić information content (AvgIpc) is 3.21. The highest BCUT2D eigenvalue weighted by Gasteiger charge is 2.43. The van der Waals surface area contributed by atoms with Crippen molar-refractivity contribution < 1.29 is 17.6 Å². The van der Waals surface area contributed by atoms with E-state index in [1.54, 1.807) is 6.92 Å². The molecule has 2 aliphatic heterocycles. The Balaban J connectivity index is 1.15. The highest BCUT2D eigenvalue weighted by molar-refractivity contribution is 7.89. The summed E-state index contributed by atoms with van der Waals surface area (Å²) < 4.78 is 43.4. The highest BCUT2D eigenvalue weighted by atomic mass is 32.2. The molecule has 2 aromatic carbocycles. The summed E-state index contributed by atoms with van der Waals surface area (Å²) in [5.74, 6) is -0.470. The quantitative estimate of drug-likeness (QED) is 0.415. The molecule has 9 heteroatoms. The lowest BCUT2D eigenvalue weighted by atomic mass is 9.71. The van der Waals surface area contributed by atoms with E-state index in [1.165, 1.54) is 23.9 Å². The van der Waals surface area contributed by atoms with E-state index in [9.17, 15) is 17.6 Å². The van der Waals surface area contributed by atoms with Crippen molar-refractivity contribution >= 4 is 21.6 Å². The van der Waals surface area contributed by atoms with Crippen molar-refractivity contribution in [3.8, 4) is 0 Å². The molecule has 222 valence electrons. The Bertz CT molecular complexity index is 1590. The smallest absolute Gasteiger partial charge is 0.253 e. The molecular weight excluding hydrogens is 551 g/mol. The molecule has 1 unspecified atom stereocenters. The summed E-state index contributed by atoms with van der Waals surface area (Å²) in [7, 11) is -3.91. The maximum absolute atomic E-state index is 13.7. The molecule has 1 amide bonds. The van der Waals surface area contributed by atoms with E-state index in [2.05, 4.69) is 26.7 Å². The van der Waals surface area contributed by atoms with Gasteiger partial charge in [-0.2, -0.15) is 0 Å². The van der Waals surface area contributed by atoms with Crippen LogP contribution in [0.15, 0.2) is 65.8 Å². The number of carbonyl (C=O) groups is 1. The van der Waals surface area contributed by atoms with Gasteiger partial charge in [0.05, 0.1) is 10.9 Å². The van der Waals surface area contributed by atoms with E-state index in [-0.39, 0.29) is 16.2 Å². The van der Waals surface area contributed by atoms with Gasteiger partial charge in [-0.1, -0.05) is 19.9 Å². The Kier molecular flexibility index (Phi) is 7.38. The summed E-state index contributed by atoms with van der Waals surface area (Å²) in [6, 6.07) is 13.1. The molecule has 0 radical (unpaired) electrons. The SMILES string of the molecule is Cc1cc(F)ccc1S(=O)(=O)NC1c2cc(C(=O)N3CCC4(CC3)CCN(c3ccncc3)CC4)ccc2CC1(C)C. The van der Waals surface area contributed by atoms with Crippen LogP contribution in [-0.2, 0) is 16.4 Å². The highest BCUT2D eigenvalue weighted by Crippen LogP contribution is 2.47. The summed E-state index contributed by atoms with van der Waals surface area (Å²) >= 11 is 0. The van der Waals surface area contributed by atoms with Crippen LogP contribution in [0.3, 0.4) is 0 Å². The minimum atomic E-state index is -3.91. The van der Waals surface area contributed by atoms with Crippen LogP contribution in [0.25, 0.3) is 0 Å². The van der Waals surface area contributed by atoms with Gasteiger partial charge < -0.3 is 9.80 Å². The van der Waals surface area contributed by atoms with E-state index < -0.39 is 27.3 Å². The Morgan fingerprint density at radius 1 is 0.952 bits per heavy atom. The third-order valence-corrected chi connectivity index (χ3v) is 11.4. The standard InChI is InChI=1S/C33H39FN4O3S/c1-23-20-26(34)6-7-29(23)42(40,41)36-30-28-21-24(4-5-25(28)22-32(30,2)3)31(39)38-18-12-33(13-19-38)10-16-37(17-11-33)27-8-14-35-15-9-27/h4-9,14-15,20-21,30,36H,10-13,16-19,22H2,1-3H3. The Hall–Kier alpha value is -3.30. The number of aryl methyl sites for hydroxylation is 1. The van der Waals surface area contributed by atoms with Crippen molar-refractivity contribution in [2.24, 2.45) is 10.8 Å². The number of rotatable bonds is 5. The van der Waals surface area contributed by atoms with E-state index >= 15 is 0 Å². The van der Waals surface area contributed by atoms with E-state index in [0.29, 0.717) is 17.5 Å². The van der Waals surface area contributed by atoms with Gasteiger partial charge in [0, 0.05) is 49.8 Å². The van der Waals surface area contributed by atoms with Crippen molar-refractivity contribution in [2.75, 3.05) is 31.1 Å². The molecule has 3 aromatic rings. The molecule has 7 nitrogen and oxygen atoms in total. The van der Waals surface area contributed by atoms with Gasteiger partial charge in [-0.3, -0.25) is 9.78 Å². The fourth-order valence-electron chi connectivity index (χ4n) is 7.19. The maximum atomic E-state index is 13.7. The number of sulfonamides is 1. The number of hydrogen-bond donors (Lipinski definition) is 1. The van der Waals surface area contributed by atoms with Gasteiger partial charge in [0.25, 0.3) is 5.91 Å². The first kappa shape index (κ1) is 28.8. The number of anilines is 1. The Morgan fingerprint density at radius 3 is 2.29 bits per heavy atom. The van der Waals surface area contributed by atoms with Gasteiger partial charge >= 0.3 is 0 Å². The van der Waals surface area contributed by atoms with Crippen LogP contribution in [0.5, 0.6) is 0 Å². The first-order chi connectivity index (χ1) is 20.0. The second kappa shape index (κ2) is 10.8. The molecule has 2 fully saturated rings. The zero-order valence-electron chi connectivity index (χ0n) is 24.6. The average molecular weight is 591 g/mol. The van der Waals surface area contributed by atoms with Crippen LogP contribution in [-0.4, -0.2) is 50.4 Å². The topological polar surface area (TPSA) is 82.6 Å². The lowest BCUT2D eigenvalue weighted by Gasteiger charge is -2.47. The second-order valence-electron chi connectivity index (χ2n) is 13.0. The third-order valence-electron chi connectivity index (χ3n) is 9.79. The molecule has 0 saturated carbocycles. The lowest BCUT2D eigenvalue weighted by molar-refractivity contribution is 0.0515. The zero-order chi connectivity index (χ0) is 29.7. The molecule has 1 spiro atoms. The minimum absolute atomic E-state index is 0.00237. The number of amides is 1. The zero-order valence-corrected chi connectivity index (χ0v) is 25.4. The molecule has 2 saturated heterocycles. The number of nitrogens with one attached hydrogen (secondary N) is 1. The van der Waals surface area contributed by atoms with Crippen LogP contribution < -0.4 is 9.62 Å². The van der Waals surface area contributed by atoms with Crippen molar-refractivity contribution in [2.45, 2.75) is 63.8 Å². The molecule has 1 N–H and O–H groups in total. The predicted molar refractivity (Wildman–Crippen MR) is 161 cm³/mol. The van der Waals surface area contributed by atoms with Gasteiger partial charge in [0.1, 0.15) is 5.82 Å². The van der Waals surface area contributed by atoms with Crippen molar-refractivity contribution in [1.82, 2.24) is 14.6 Å². The molecule has 1 atom stereocenters. The number of aromatic nitrogens is 1. The van der Waals surface area contributed by atoms with Crippen molar-refractivity contribution in [3.63, 3.8) is 0 Å². The Morgan fingerprint density at radius 2 is 1.62 bits per heavy atom. The fourth-order valence-corrected chi connectivity index (χ4v) is 8.80. The summed E-state index contributed by atoms with van der Waals surface area (Å²) in [5, 5.41) is 0. The fraction of sp³-hybridized carbons (Fsp3) is 0.455. The first-order valence-corrected chi connectivity index (χ1v) is 16.3. The van der Waals surface area contributed by atoms with Crippen LogP contribution >= 0.6 is 0 Å². The first-order valence-electron chi connectivity index (χ1n) is 14.8. The largest absolute Gasteiger partial charge is 0.371 e. The third kappa shape index (κ3) is 5.44. The van der Waals surface area contributed by atoms with Crippen LogP contribution in [0.1, 0.15) is 72.6 Å². The molecule has 6 rings (SSSR count). The van der Waals surface area contributed by atoms with E-state index in [1.807, 2.05) is 49.3 Å². The molecule has 1 aromatic heterocycles. The second-order valence-corrected chi connectivity index (χ2v) is 14.7. The number of benzene rings is 2. The van der Waals surface area contributed by atoms with Crippen molar-refractivity contribution in [1.29, 1.82) is 0 Å². The molecule has 1 aliphatic carbocycles. The number of carbonyl (C=O) groups excluding carboxylic acids is 1. The summed E-state index contributed by atoms with van der Waals surface area (Å²) in [6.45, 7) is 9.16. The molecular formula is C33H39FN4O3S. The summed E-state index contributed by atoms with van der Waals surface area (Å²) in [6.07, 6.45) is 8.62. The summed E-state index contributed by atoms with van der Waals surface area (Å²) in [5.41, 5.74) is 3.94. The van der Waals surface area contributed by atoms with Crippen molar-refractivity contribution in [3.05, 3.63) is 89.0 Å². The monoisotopic (exact) mass is 590 g/mol. The minimum Gasteiger partial charge on any atom is -0.371 e. The lowest BCUT2D eigenvalue weighted by Crippen LogP contribution is -2.48. The van der Waals surface area contributed by atoms with Crippen LogP contribution in [0, 0.1) is 23.6 Å². The number of halogens is 1. The maximum Gasteiger partial charge on any atom is 0.253 e. The van der Waals surface area contributed by atoms with Gasteiger partial charge in [-0.25, -0.2) is 17.5 Å². The van der Waals surface area contributed by atoms with Gasteiger partial charge in [-0.15, -0.1) is 0 Å². The Labute approximate surface area is 248 Å². The van der Waals surface area contributed by atoms with Gasteiger partial charge in [-0.05, 0) is 109 Å². The predicted octanol–water partition coefficient (Wildman–Crippen LogP) is 5.65. The molecule has 42 heavy (non-hydrogen) atoms. The van der Waals surface area contributed by atoms with E-state index in [4.69, 9.17) is 0 Å². The number of pyridine rings is 1. The molecule has 3 aliphatic rings.